The predicted molar refractivity (Wildman–Crippen MR) is 54.7 cm³/mol. The highest BCUT2D eigenvalue weighted by Crippen LogP contribution is 2.13. The number of aliphatic hydroxyl groups is 1. The predicted octanol–water partition coefficient (Wildman–Crippen LogP) is 2.44. The van der Waals surface area contributed by atoms with Crippen LogP contribution in [0.25, 0.3) is 6.08 Å². The van der Waals surface area contributed by atoms with E-state index in [1.54, 1.807) is 6.20 Å². The van der Waals surface area contributed by atoms with Gasteiger partial charge in [0.15, 0.2) is 0 Å². The van der Waals surface area contributed by atoms with Crippen molar-refractivity contribution < 1.29 is 5.11 Å². The molecule has 0 saturated heterocycles. The summed E-state index contributed by atoms with van der Waals surface area (Å²) < 4.78 is 0. The first-order valence-electron chi connectivity index (χ1n) is 4.13. The van der Waals surface area contributed by atoms with Gasteiger partial charge < -0.3 is 5.11 Å². The molecule has 1 aromatic heterocycles. The van der Waals surface area contributed by atoms with Crippen LogP contribution in [0.4, 0.5) is 0 Å². The molecule has 0 bridgehead atoms. The summed E-state index contributed by atoms with van der Waals surface area (Å²) in [4.78, 5) is 4.15. The van der Waals surface area contributed by atoms with E-state index in [0.29, 0.717) is 11.4 Å². The first-order valence-corrected chi connectivity index (χ1v) is 4.51. The zero-order valence-corrected chi connectivity index (χ0v) is 8.25. The van der Waals surface area contributed by atoms with Gasteiger partial charge in [-0.05, 0) is 31.1 Å². The molecule has 0 spiro atoms. The topological polar surface area (TPSA) is 33.1 Å². The van der Waals surface area contributed by atoms with Gasteiger partial charge in [0.05, 0.1) is 10.7 Å². The van der Waals surface area contributed by atoms with Crippen LogP contribution in [0.15, 0.2) is 18.3 Å². The molecule has 3 heteroatoms. The second-order valence-corrected chi connectivity index (χ2v) is 3.21. The zero-order chi connectivity index (χ0) is 9.68. The van der Waals surface area contributed by atoms with E-state index in [9.17, 15) is 0 Å². The molecule has 1 rings (SSSR count). The van der Waals surface area contributed by atoms with E-state index >= 15 is 0 Å². The quantitative estimate of drug-likeness (QED) is 0.808. The maximum atomic E-state index is 8.56. The van der Waals surface area contributed by atoms with Crippen molar-refractivity contribution in [1.82, 2.24) is 4.98 Å². The third-order valence-corrected chi connectivity index (χ3v) is 1.86. The lowest BCUT2D eigenvalue weighted by atomic mass is 10.2. The van der Waals surface area contributed by atoms with Crippen LogP contribution in [0.1, 0.15) is 17.7 Å². The van der Waals surface area contributed by atoms with Gasteiger partial charge in [-0.1, -0.05) is 17.7 Å². The number of hydrogen-bond acceptors (Lipinski definition) is 2. The van der Waals surface area contributed by atoms with Gasteiger partial charge in [-0.25, -0.2) is 0 Å². The third kappa shape index (κ3) is 3.17. The van der Waals surface area contributed by atoms with Gasteiger partial charge in [0.25, 0.3) is 0 Å². The van der Waals surface area contributed by atoms with Crippen molar-refractivity contribution in [2.45, 2.75) is 13.3 Å². The van der Waals surface area contributed by atoms with Crippen LogP contribution in [0.2, 0.25) is 5.02 Å². The Morgan fingerprint density at radius 2 is 2.38 bits per heavy atom. The molecule has 0 radical (unpaired) electrons. The summed E-state index contributed by atoms with van der Waals surface area (Å²) in [5.41, 5.74) is 1.94. The number of pyridine rings is 1. The van der Waals surface area contributed by atoms with E-state index in [4.69, 9.17) is 16.7 Å². The number of aromatic nitrogens is 1. The number of aliphatic hydroxyl groups excluding tert-OH is 1. The summed E-state index contributed by atoms with van der Waals surface area (Å²) in [6.45, 7) is 2.13. The molecular formula is C10H12ClNO. The fourth-order valence-electron chi connectivity index (χ4n) is 0.995. The molecule has 0 aliphatic heterocycles. The molecule has 0 saturated carbocycles. The van der Waals surface area contributed by atoms with Crippen LogP contribution in [0.5, 0.6) is 0 Å². The minimum Gasteiger partial charge on any atom is -0.396 e. The van der Waals surface area contributed by atoms with E-state index in [0.717, 1.165) is 11.3 Å². The van der Waals surface area contributed by atoms with Crippen LogP contribution in [0, 0.1) is 6.92 Å². The minimum absolute atomic E-state index is 0.170. The molecule has 2 nitrogen and oxygen atoms in total. The molecule has 13 heavy (non-hydrogen) atoms. The number of aryl methyl sites for hydroxylation is 1. The van der Waals surface area contributed by atoms with Crippen molar-refractivity contribution >= 4 is 17.7 Å². The number of halogens is 1. The van der Waals surface area contributed by atoms with Crippen LogP contribution in [-0.2, 0) is 0 Å². The highest BCUT2D eigenvalue weighted by molar-refractivity contribution is 6.30. The van der Waals surface area contributed by atoms with Crippen molar-refractivity contribution in [3.63, 3.8) is 0 Å². The number of rotatable bonds is 3. The Bertz CT molecular complexity index is 310. The van der Waals surface area contributed by atoms with Crippen molar-refractivity contribution in [3.8, 4) is 0 Å². The number of nitrogens with zero attached hydrogens (tertiary/aromatic N) is 1. The molecule has 0 unspecified atom stereocenters. The second-order valence-electron chi connectivity index (χ2n) is 2.77. The van der Waals surface area contributed by atoms with Gasteiger partial charge in [-0.2, -0.15) is 0 Å². The Labute approximate surface area is 82.9 Å². The van der Waals surface area contributed by atoms with Gasteiger partial charge in [-0.15, -0.1) is 0 Å². The van der Waals surface area contributed by atoms with E-state index in [-0.39, 0.29) is 6.61 Å². The first kappa shape index (κ1) is 10.2. The molecule has 70 valence electrons. The van der Waals surface area contributed by atoms with Crippen LogP contribution < -0.4 is 0 Å². The fourth-order valence-corrected chi connectivity index (χ4v) is 1.21. The fraction of sp³-hybridized carbons (Fsp3) is 0.300. The first-order chi connectivity index (χ1) is 6.24. The average molecular weight is 198 g/mol. The van der Waals surface area contributed by atoms with Gasteiger partial charge in [0, 0.05) is 12.8 Å². The van der Waals surface area contributed by atoms with Gasteiger partial charge in [-0.3, -0.25) is 4.98 Å². The van der Waals surface area contributed by atoms with Crippen LogP contribution in [0.3, 0.4) is 0 Å². The summed E-state index contributed by atoms with van der Waals surface area (Å²) in [7, 11) is 0. The molecule has 0 aliphatic carbocycles. The SMILES string of the molecule is Cc1cc(Cl)cnc1C=CCCO. The Hall–Kier alpha value is -0.860. The largest absolute Gasteiger partial charge is 0.396 e. The van der Waals surface area contributed by atoms with Gasteiger partial charge in [0.1, 0.15) is 0 Å². The molecule has 0 atom stereocenters. The van der Waals surface area contributed by atoms with Gasteiger partial charge >= 0.3 is 0 Å². The van der Waals surface area contributed by atoms with Crippen LogP contribution >= 0.6 is 11.6 Å². The highest BCUT2D eigenvalue weighted by Gasteiger charge is 1.95. The highest BCUT2D eigenvalue weighted by atomic mass is 35.5. The lowest BCUT2D eigenvalue weighted by Gasteiger charge is -1.98. The standard InChI is InChI=1S/C10H12ClNO/c1-8-6-9(11)7-12-10(8)4-2-3-5-13/h2,4,6-7,13H,3,5H2,1H3. The lowest BCUT2D eigenvalue weighted by molar-refractivity contribution is 0.303. The summed E-state index contributed by atoms with van der Waals surface area (Å²) in [6, 6.07) is 1.87. The lowest BCUT2D eigenvalue weighted by Crippen LogP contribution is -1.86. The summed E-state index contributed by atoms with van der Waals surface area (Å²) in [5, 5.41) is 9.21. The Balaban J connectivity index is 2.77. The van der Waals surface area contributed by atoms with E-state index in [2.05, 4.69) is 4.98 Å². The Kier molecular flexibility index (Phi) is 3.93. The van der Waals surface area contributed by atoms with Gasteiger partial charge in [0.2, 0.25) is 0 Å². The monoisotopic (exact) mass is 197 g/mol. The van der Waals surface area contributed by atoms with E-state index in [1.807, 2.05) is 25.1 Å². The van der Waals surface area contributed by atoms with Crippen molar-refractivity contribution in [3.05, 3.63) is 34.6 Å². The molecule has 0 aliphatic rings. The second kappa shape index (κ2) is 5.00. The number of hydrogen-bond donors (Lipinski definition) is 1. The third-order valence-electron chi connectivity index (χ3n) is 1.66. The molecule has 0 amide bonds. The Morgan fingerprint density at radius 3 is 3.00 bits per heavy atom. The molecule has 1 aromatic rings. The summed E-state index contributed by atoms with van der Waals surface area (Å²) in [5.74, 6) is 0. The molecule has 1 heterocycles. The smallest absolute Gasteiger partial charge is 0.0656 e. The minimum atomic E-state index is 0.170. The normalized spacial score (nSPS) is 11.0. The van der Waals surface area contributed by atoms with Crippen molar-refractivity contribution in [2.24, 2.45) is 0 Å². The van der Waals surface area contributed by atoms with Crippen LogP contribution in [-0.4, -0.2) is 16.7 Å². The van der Waals surface area contributed by atoms with E-state index < -0.39 is 0 Å². The molecule has 0 fully saturated rings. The van der Waals surface area contributed by atoms with E-state index in [1.165, 1.54) is 0 Å². The maximum absolute atomic E-state index is 8.56. The maximum Gasteiger partial charge on any atom is 0.0656 e. The summed E-state index contributed by atoms with van der Waals surface area (Å²) >= 11 is 5.75. The average Bonchev–Trinajstić information content (AvgIpc) is 2.09. The Morgan fingerprint density at radius 1 is 1.62 bits per heavy atom. The molecule has 0 aromatic carbocycles. The summed E-state index contributed by atoms with van der Waals surface area (Å²) in [6.07, 6.45) is 6.06. The van der Waals surface area contributed by atoms with Crippen molar-refractivity contribution in [1.29, 1.82) is 0 Å². The molecular weight excluding hydrogens is 186 g/mol. The molecule has 1 N–H and O–H groups in total. The van der Waals surface area contributed by atoms with Crippen molar-refractivity contribution in [2.75, 3.05) is 6.61 Å². The zero-order valence-electron chi connectivity index (χ0n) is 7.50.